The Morgan fingerprint density at radius 1 is 1.67 bits per heavy atom. The van der Waals surface area contributed by atoms with Crippen LogP contribution < -0.4 is 0 Å². The summed E-state index contributed by atoms with van der Waals surface area (Å²) >= 11 is 4.32. The summed E-state index contributed by atoms with van der Waals surface area (Å²) in [7, 11) is 0. The van der Waals surface area contributed by atoms with Gasteiger partial charge in [0.05, 0.1) is 0 Å². The zero-order valence-corrected chi connectivity index (χ0v) is 6.56. The van der Waals surface area contributed by atoms with Crippen LogP contribution in [0, 0.1) is 5.92 Å². The molecule has 9 heavy (non-hydrogen) atoms. The Morgan fingerprint density at radius 3 is 2.00 bits per heavy atom. The first kappa shape index (κ1) is 11.7. The Hall–Kier alpha value is -0.0800. The predicted molar refractivity (Wildman–Crippen MR) is 39.1 cm³/mol. The van der Waals surface area contributed by atoms with Crippen molar-refractivity contribution in [3.8, 4) is 0 Å². The minimum Gasteiger partial charge on any atom is -0.396 e. The van der Waals surface area contributed by atoms with E-state index in [1.54, 1.807) is 0 Å². The van der Waals surface area contributed by atoms with Crippen molar-refractivity contribution in [1.82, 2.24) is 0 Å². The average molecular weight is 153 g/mol. The van der Waals surface area contributed by atoms with Gasteiger partial charge in [-0.3, -0.25) is 4.79 Å². The molecule has 0 aliphatic rings. The molecule has 0 atom stereocenters. The standard InChI is InChI=1S/C5H12O.CHClO/c1-5(2)3-4-6;2-1-3/h5-6H,3-4H2,1-2H3;1H. The van der Waals surface area contributed by atoms with Gasteiger partial charge in [0.1, 0.15) is 0 Å². The van der Waals surface area contributed by atoms with Crippen LogP contribution >= 0.6 is 11.6 Å². The van der Waals surface area contributed by atoms with Crippen LogP contribution in [0.2, 0.25) is 0 Å². The van der Waals surface area contributed by atoms with Gasteiger partial charge in [0.15, 0.2) is 0 Å². The van der Waals surface area contributed by atoms with Crippen molar-refractivity contribution < 1.29 is 9.90 Å². The number of hydrogen-bond acceptors (Lipinski definition) is 2. The molecule has 0 spiro atoms. The molecule has 0 aliphatic heterocycles. The van der Waals surface area contributed by atoms with E-state index in [1.165, 1.54) is 0 Å². The number of aliphatic hydroxyl groups is 1. The molecule has 56 valence electrons. The molecule has 3 heteroatoms. The van der Waals surface area contributed by atoms with Crippen LogP contribution in [0.25, 0.3) is 0 Å². The van der Waals surface area contributed by atoms with Gasteiger partial charge in [-0.25, -0.2) is 0 Å². The van der Waals surface area contributed by atoms with Crippen molar-refractivity contribution in [2.45, 2.75) is 20.3 Å². The molecule has 0 fully saturated rings. The van der Waals surface area contributed by atoms with E-state index < -0.39 is 0 Å². The van der Waals surface area contributed by atoms with Crippen LogP contribution in [-0.4, -0.2) is 17.5 Å². The summed E-state index contributed by atoms with van der Waals surface area (Å²) in [5.41, 5.74) is 0. The molecule has 1 N–H and O–H groups in total. The first-order valence-corrected chi connectivity index (χ1v) is 3.27. The Morgan fingerprint density at radius 2 is 2.00 bits per heavy atom. The maximum Gasteiger partial charge on any atom is 0.208 e. The molecule has 0 saturated carbocycles. The summed E-state index contributed by atoms with van der Waals surface area (Å²) in [6.07, 6.45) is 0.931. The Balaban J connectivity index is 0. The minimum atomic E-state index is 0.222. The van der Waals surface area contributed by atoms with E-state index in [0.29, 0.717) is 12.5 Å². The van der Waals surface area contributed by atoms with Crippen molar-refractivity contribution in [2.75, 3.05) is 6.61 Å². The summed E-state index contributed by atoms with van der Waals surface area (Å²) in [6.45, 7) is 4.52. The summed E-state index contributed by atoms with van der Waals surface area (Å²) in [5, 5.41) is 8.24. The quantitative estimate of drug-likeness (QED) is 0.480. The molecule has 0 rings (SSSR count). The van der Waals surface area contributed by atoms with Crippen LogP contribution in [0.15, 0.2) is 0 Å². The smallest absolute Gasteiger partial charge is 0.208 e. The molecule has 2 nitrogen and oxygen atoms in total. The van der Waals surface area contributed by atoms with Gasteiger partial charge in [0, 0.05) is 6.61 Å². The van der Waals surface area contributed by atoms with E-state index in [9.17, 15) is 0 Å². The summed E-state index contributed by atoms with van der Waals surface area (Å²) in [6, 6.07) is 0. The van der Waals surface area contributed by atoms with E-state index in [2.05, 4.69) is 25.4 Å². The van der Waals surface area contributed by atoms with E-state index >= 15 is 0 Å². The monoisotopic (exact) mass is 152 g/mol. The predicted octanol–water partition coefficient (Wildman–Crippen LogP) is 1.44. The highest BCUT2D eigenvalue weighted by Crippen LogP contribution is 1.94. The number of carbonyl (C=O) groups excluding carboxylic acids is 1. The van der Waals surface area contributed by atoms with Crippen molar-refractivity contribution in [3.63, 3.8) is 0 Å². The average Bonchev–Trinajstić information content (AvgIpc) is 1.67. The largest absolute Gasteiger partial charge is 0.396 e. The molecule has 0 unspecified atom stereocenters. The second kappa shape index (κ2) is 10.8. The van der Waals surface area contributed by atoms with Gasteiger partial charge in [-0.2, -0.15) is 0 Å². The van der Waals surface area contributed by atoms with E-state index in [-0.39, 0.29) is 5.75 Å². The first-order valence-electron chi connectivity index (χ1n) is 2.83. The number of carbonyl (C=O) groups is 1. The van der Waals surface area contributed by atoms with E-state index in [0.717, 1.165) is 6.42 Å². The number of halogens is 1. The molecule has 0 aromatic heterocycles. The lowest BCUT2D eigenvalue weighted by molar-refractivity contribution is 0.268. The highest BCUT2D eigenvalue weighted by molar-refractivity contribution is 6.54. The second-order valence-electron chi connectivity index (χ2n) is 2.00. The maximum absolute atomic E-state index is 8.57. The fourth-order valence-electron chi connectivity index (χ4n) is 0.258. The van der Waals surface area contributed by atoms with Gasteiger partial charge >= 0.3 is 0 Å². The highest BCUT2D eigenvalue weighted by atomic mass is 35.5. The van der Waals surface area contributed by atoms with Crippen LogP contribution in [0.3, 0.4) is 0 Å². The van der Waals surface area contributed by atoms with Gasteiger partial charge in [-0.05, 0) is 23.9 Å². The Kier molecular flexibility index (Phi) is 14.0. The van der Waals surface area contributed by atoms with Gasteiger partial charge in [0.2, 0.25) is 5.75 Å². The molecular formula is C6H13ClO2. The van der Waals surface area contributed by atoms with E-state index in [1.807, 2.05) is 0 Å². The molecule has 0 radical (unpaired) electrons. The molecule has 0 amide bonds. The summed E-state index contributed by atoms with van der Waals surface area (Å²) < 4.78 is 0. The summed E-state index contributed by atoms with van der Waals surface area (Å²) in [4.78, 5) is 8.57. The summed E-state index contributed by atoms with van der Waals surface area (Å²) in [5.74, 6) is 0.870. The first-order chi connectivity index (χ1) is 4.18. The lowest BCUT2D eigenvalue weighted by Crippen LogP contribution is -1.89. The fourth-order valence-corrected chi connectivity index (χ4v) is 0.258. The minimum absolute atomic E-state index is 0.222. The third kappa shape index (κ3) is 32.6. The molecular weight excluding hydrogens is 140 g/mol. The number of aliphatic hydroxyl groups excluding tert-OH is 1. The van der Waals surface area contributed by atoms with Crippen molar-refractivity contribution >= 4 is 17.3 Å². The van der Waals surface area contributed by atoms with Gasteiger partial charge < -0.3 is 5.11 Å². The maximum atomic E-state index is 8.57. The lowest BCUT2D eigenvalue weighted by Gasteiger charge is -1.95. The normalized spacial score (nSPS) is 8.11. The lowest BCUT2D eigenvalue weighted by atomic mass is 10.2. The molecule has 0 bridgehead atoms. The number of hydrogen-bond donors (Lipinski definition) is 1. The molecule has 0 aliphatic carbocycles. The third-order valence-corrected chi connectivity index (χ3v) is 0.706. The van der Waals surface area contributed by atoms with Gasteiger partial charge in [0.25, 0.3) is 0 Å². The van der Waals surface area contributed by atoms with E-state index in [4.69, 9.17) is 9.90 Å². The molecule has 0 aromatic rings. The fraction of sp³-hybridized carbons (Fsp3) is 0.833. The Bertz CT molecular complexity index is 55.0. The van der Waals surface area contributed by atoms with Gasteiger partial charge in [-0.1, -0.05) is 13.8 Å². The van der Waals surface area contributed by atoms with Crippen LogP contribution in [0.4, 0.5) is 0 Å². The zero-order chi connectivity index (χ0) is 7.70. The van der Waals surface area contributed by atoms with Crippen molar-refractivity contribution in [3.05, 3.63) is 0 Å². The number of rotatable bonds is 2. The Labute approximate surface area is 60.8 Å². The van der Waals surface area contributed by atoms with Crippen LogP contribution in [0.5, 0.6) is 0 Å². The van der Waals surface area contributed by atoms with Crippen LogP contribution in [-0.2, 0) is 4.79 Å². The van der Waals surface area contributed by atoms with Crippen LogP contribution in [0.1, 0.15) is 20.3 Å². The molecule has 0 saturated heterocycles. The highest BCUT2D eigenvalue weighted by Gasteiger charge is 1.86. The molecule has 0 aromatic carbocycles. The zero-order valence-electron chi connectivity index (χ0n) is 5.80. The van der Waals surface area contributed by atoms with Crippen molar-refractivity contribution in [2.24, 2.45) is 5.92 Å². The van der Waals surface area contributed by atoms with Gasteiger partial charge in [-0.15, -0.1) is 0 Å². The third-order valence-electron chi connectivity index (χ3n) is 0.706. The van der Waals surface area contributed by atoms with Crippen molar-refractivity contribution in [1.29, 1.82) is 0 Å². The molecule has 0 heterocycles. The topological polar surface area (TPSA) is 37.3 Å². The second-order valence-corrected chi connectivity index (χ2v) is 2.17. The SMILES string of the molecule is CC(C)CCO.O=CCl.